The number of benzene rings is 1. The number of esters is 1. The van der Waals surface area contributed by atoms with Gasteiger partial charge in [-0.25, -0.2) is 4.79 Å². The number of ether oxygens (including phenoxy) is 1. The first kappa shape index (κ1) is 22.3. The first-order chi connectivity index (χ1) is 11.4. The molecule has 1 aromatic rings. The first-order valence-electron chi connectivity index (χ1n) is 6.98. The Morgan fingerprint density at radius 3 is 1.65 bits per heavy atom. The molecule has 0 N–H and O–H groups in total. The summed E-state index contributed by atoms with van der Waals surface area (Å²) in [6, 6.07) is 0.783. The van der Waals surface area contributed by atoms with Gasteiger partial charge in [-0.2, -0.15) is 39.5 Å². The van der Waals surface area contributed by atoms with Crippen molar-refractivity contribution in [1.82, 2.24) is 0 Å². The van der Waals surface area contributed by atoms with Gasteiger partial charge in [-0.3, -0.25) is 0 Å². The average Bonchev–Trinajstić information content (AvgIpc) is 2.43. The lowest BCUT2D eigenvalue weighted by Crippen LogP contribution is -2.43. The van der Waals surface area contributed by atoms with Gasteiger partial charge >= 0.3 is 24.5 Å². The van der Waals surface area contributed by atoms with Crippen molar-refractivity contribution in [3.8, 4) is 0 Å². The summed E-state index contributed by atoms with van der Waals surface area (Å²) in [5.41, 5.74) is -3.01. The fourth-order valence-electron chi connectivity index (χ4n) is 1.97. The quantitative estimate of drug-likeness (QED) is 0.406. The van der Waals surface area contributed by atoms with Gasteiger partial charge in [-0.05, 0) is 12.1 Å². The fraction of sp³-hybridized carbons (Fsp3) is 0.500. The summed E-state index contributed by atoms with van der Waals surface area (Å²) < 4.78 is 117. The molecular formula is C14H13F9O2Si. The first-order valence-corrected chi connectivity index (χ1v) is 10.2. The molecule has 2 nitrogen and oxygen atoms in total. The summed E-state index contributed by atoms with van der Waals surface area (Å²) in [6.45, 7) is 1.96. The van der Waals surface area contributed by atoms with Gasteiger partial charge in [0.15, 0.2) is 0 Å². The maximum atomic E-state index is 12.9. The summed E-state index contributed by atoms with van der Waals surface area (Å²) in [5, 5.41) is -0.261. The molecule has 0 saturated heterocycles. The maximum absolute atomic E-state index is 12.9. The molecule has 0 aliphatic rings. The third-order valence-corrected chi connectivity index (χ3v) is 6.87. The lowest BCUT2D eigenvalue weighted by molar-refractivity contribution is -0.199. The number of alkyl halides is 9. The van der Waals surface area contributed by atoms with E-state index in [0.717, 1.165) is 0 Å². The SMILES string of the molecule is C[Si](C)(CCOC(=O)C(F)(F)F)c1cc(C(F)(F)F)cc(C(F)(F)F)c1. The van der Waals surface area contributed by atoms with E-state index in [1.165, 1.54) is 13.1 Å². The summed E-state index contributed by atoms with van der Waals surface area (Å²) in [4.78, 5) is 10.6. The molecular weight excluding hydrogens is 399 g/mol. The van der Waals surface area contributed by atoms with Crippen LogP contribution in [0.3, 0.4) is 0 Å². The molecule has 0 aromatic heterocycles. The zero-order valence-electron chi connectivity index (χ0n) is 13.4. The van der Waals surface area contributed by atoms with Crippen LogP contribution in [0.4, 0.5) is 39.5 Å². The van der Waals surface area contributed by atoms with Crippen LogP contribution in [-0.4, -0.2) is 26.8 Å². The maximum Gasteiger partial charge on any atom is 0.490 e. The van der Waals surface area contributed by atoms with Crippen LogP contribution in [0.25, 0.3) is 0 Å². The summed E-state index contributed by atoms with van der Waals surface area (Å²) in [7, 11) is -3.07. The number of hydrogen-bond donors (Lipinski definition) is 0. The predicted octanol–water partition coefficient (Wildman–Crippen LogP) is 4.75. The van der Waals surface area contributed by atoms with Crippen LogP contribution in [0.15, 0.2) is 18.2 Å². The molecule has 0 aliphatic carbocycles. The van der Waals surface area contributed by atoms with E-state index >= 15 is 0 Å². The van der Waals surface area contributed by atoms with Crippen LogP contribution in [-0.2, 0) is 21.9 Å². The van der Waals surface area contributed by atoms with Gasteiger partial charge in [0.05, 0.1) is 25.8 Å². The summed E-state index contributed by atoms with van der Waals surface area (Å²) >= 11 is 0. The van der Waals surface area contributed by atoms with Crippen LogP contribution in [0.2, 0.25) is 19.1 Å². The molecule has 0 spiro atoms. The topological polar surface area (TPSA) is 26.3 Å². The molecule has 0 atom stereocenters. The molecule has 0 aliphatic heterocycles. The Balaban J connectivity index is 3.13. The lowest BCUT2D eigenvalue weighted by atomic mass is 10.1. The Morgan fingerprint density at radius 2 is 1.31 bits per heavy atom. The lowest BCUT2D eigenvalue weighted by Gasteiger charge is -2.25. The van der Waals surface area contributed by atoms with Crippen molar-refractivity contribution in [2.24, 2.45) is 0 Å². The molecule has 1 aromatic carbocycles. The van der Waals surface area contributed by atoms with E-state index in [-0.39, 0.29) is 17.3 Å². The van der Waals surface area contributed by atoms with Crippen LogP contribution in [0, 0.1) is 0 Å². The number of halogens is 9. The Kier molecular flexibility index (Phi) is 6.11. The van der Waals surface area contributed by atoms with E-state index in [1.807, 2.05) is 0 Å². The molecule has 148 valence electrons. The van der Waals surface area contributed by atoms with Gasteiger partial charge in [0.1, 0.15) is 0 Å². The zero-order chi connectivity index (χ0) is 20.6. The molecule has 1 rings (SSSR count). The van der Waals surface area contributed by atoms with Gasteiger partial charge in [0.2, 0.25) is 0 Å². The standard InChI is InChI=1S/C14H13F9O2Si/c1-26(2,4-3-25-11(24)14(21,22)23)10-6-8(12(15,16)17)5-9(7-10)13(18,19)20/h5-7H,3-4H2,1-2H3. The van der Waals surface area contributed by atoms with Crippen LogP contribution < -0.4 is 5.19 Å². The minimum absolute atomic E-state index is 0.0301. The van der Waals surface area contributed by atoms with Crippen molar-refractivity contribution in [2.75, 3.05) is 6.61 Å². The molecule has 0 unspecified atom stereocenters. The van der Waals surface area contributed by atoms with Crippen LogP contribution in [0.1, 0.15) is 11.1 Å². The average molecular weight is 412 g/mol. The number of carbonyl (C=O) groups excluding carboxylic acids is 1. The second-order valence-electron chi connectivity index (χ2n) is 6.06. The van der Waals surface area contributed by atoms with Crippen molar-refractivity contribution >= 4 is 19.2 Å². The van der Waals surface area contributed by atoms with Gasteiger partial charge in [-0.15, -0.1) is 0 Å². The Bertz CT molecular complexity index is 628. The number of rotatable bonds is 4. The molecule has 26 heavy (non-hydrogen) atoms. The molecule has 0 heterocycles. The van der Waals surface area contributed by atoms with E-state index in [4.69, 9.17) is 0 Å². The zero-order valence-corrected chi connectivity index (χ0v) is 14.4. The van der Waals surface area contributed by atoms with Crippen molar-refractivity contribution in [1.29, 1.82) is 0 Å². The van der Waals surface area contributed by atoms with Crippen LogP contribution >= 0.6 is 0 Å². The smallest absolute Gasteiger partial charge is 0.459 e. The Labute approximate surface area is 142 Å². The van der Waals surface area contributed by atoms with Crippen molar-refractivity contribution in [2.45, 2.75) is 37.7 Å². The van der Waals surface area contributed by atoms with Gasteiger partial charge in [0, 0.05) is 0 Å². The molecule has 0 bridgehead atoms. The Hall–Kier alpha value is -1.72. The van der Waals surface area contributed by atoms with Gasteiger partial charge < -0.3 is 4.74 Å². The molecule has 0 radical (unpaired) electrons. The Morgan fingerprint density at radius 1 is 0.885 bits per heavy atom. The van der Waals surface area contributed by atoms with E-state index in [9.17, 15) is 44.3 Å². The summed E-state index contributed by atoms with van der Waals surface area (Å²) in [6.07, 6.45) is -15.3. The highest BCUT2D eigenvalue weighted by Gasteiger charge is 2.42. The number of hydrogen-bond acceptors (Lipinski definition) is 2. The van der Waals surface area contributed by atoms with Crippen molar-refractivity contribution in [3.63, 3.8) is 0 Å². The largest absolute Gasteiger partial charge is 0.490 e. The second-order valence-corrected chi connectivity index (χ2v) is 10.9. The fourth-order valence-corrected chi connectivity index (χ4v) is 3.96. The van der Waals surface area contributed by atoms with Crippen molar-refractivity contribution in [3.05, 3.63) is 29.3 Å². The molecule has 12 heteroatoms. The highest BCUT2D eigenvalue weighted by atomic mass is 28.3. The normalized spacial score (nSPS) is 13.7. The second kappa shape index (κ2) is 7.12. The van der Waals surface area contributed by atoms with E-state index in [0.29, 0.717) is 12.1 Å². The monoisotopic (exact) mass is 412 g/mol. The van der Waals surface area contributed by atoms with Crippen LogP contribution in [0.5, 0.6) is 0 Å². The minimum atomic E-state index is -5.23. The molecule has 0 fully saturated rings. The highest BCUT2D eigenvalue weighted by molar-refractivity contribution is 6.89. The van der Waals surface area contributed by atoms with Gasteiger partial charge in [0.25, 0.3) is 0 Å². The molecule has 0 amide bonds. The van der Waals surface area contributed by atoms with E-state index in [2.05, 4.69) is 4.74 Å². The third-order valence-electron chi connectivity index (χ3n) is 3.56. The van der Waals surface area contributed by atoms with E-state index < -0.39 is 50.3 Å². The number of carbonyl (C=O) groups is 1. The van der Waals surface area contributed by atoms with E-state index in [1.54, 1.807) is 0 Å². The van der Waals surface area contributed by atoms with Gasteiger partial charge in [-0.1, -0.05) is 30.4 Å². The summed E-state index contributed by atoms with van der Waals surface area (Å²) in [5.74, 6) is -2.47. The molecule has 0 saturated carbocycles. The highest BCUT2D eigenvalue weighted by Crippen LogP contribution is 2.35. The third kappa shape index (κ3) is 5.92. The minimum Gasteiger partial charge on any atom is -0.459 e. The predicted molar refractivity (Wildman–Crippen MR) is 75.4 cm³/mol. The van der Waals surface area contributed by atoms with Crippen molar-refractivity contribution < 1.29 is 49.0 Å².